The van der Waals surface area contributed by atoms with Crippen LogP contribution in [0, 0.1) is 0 Å². The molecule has 0 aliphatic heterocycles. The molecule has 0 fully saturated rings. The molecule has 4 N–H and O–H groups in total. The number of nitrogens with two attached hydrogens (primary N) is 1. The normalized spacial score (nSPS) is 14.6. The van der Waals surface area contributed by atoms with Gasteiger partial charge in [0.2, 0.25) is 0 Å². The molecule has 0 unspecified atom stereocenters. The first-order chi connectivity index (χ1) is 10.3. The second-order valence-electron chi connectivity index (χ2n) is 7.29. The van der Waals surface area contributed by atoms with Gasteiger partial charge in [0.15, 0.2) is 0 Å². The van der Waals surface area contributed by atoms with Crippen molar-refractivity contribution < 1.29 is 23.5 Å². The Hall–Kier alpha value is -1.57. The van der Waals surface area contributed by atoms with E-state index >= 15 is 0 Å². The minimum atomic E-state index is -1.37. The van der Waals surface area contributed by atoms with Gasteiger partial charge in [-0.2, -0.15) is 0 Å². The van der Waals surface area contributed by atoms with Crippen molar-refractivity contribution in [2.45, 2.75) is 71.4 Å². The molecule has 8 heteroatoms. The summed E-state index contributed by atoms with van der Waals surface area (Å²) >= 11 is 0. The van der Waals surface area contributed by atoms with Gasteiger partial charge in [-0.3, -0.25) is 0 Å². The third kappa shape index (κ3) is 12.6. The third-order valence-electron chi connectivity index (χ3n) is 2.41. The molecule has 0 aliphatic rings. The maximum Gasteiger partial charge on any atom is 0.407 e. The predicted molar refractivity (Wildman–Crippen MR) is 86.0 cm³/mol. The number of carbonyl (C=O) groups is 2. The van der Waals surface area contributed by atoms with Crippen LogP contribution in [0.2, 0.25) is 0 Å². The third-order valence-corrected chi connectivity index (χ3v) is 2.41. The molecule has 0 bridgehead atoms. The highest BCUT2D eigenvalue weighted by atomic mass is 19.1. The van der Waals surface area contributed by atoms with Crippen LogP contribution >= 0.6 is 0 Å². The van der Waals surface area contributed by atoms with Gasteiger partial charge >= 0.3 is 12.2 Å². The summed E-state index contributed by atoms with van der Waals surface area (Å²) in [5, 5.41) is 4.85. The summed E-state index contributed by atoms with van der Waals surface area (Å²) in [6, 6.07) is -0.583. The van der Waals surface area contributed by atoms with E-state index in [-0.39, 0.29) is 19.5 Å². The highest BCUT2D eigenvalue weighted by Gasteiger charge is 2.22. The minimum absolute atomic E-state index is 0.0362. The summed E-state index contributed by atoms with van der Waals surface area (Å²) in [5.41, 5.74) is 4.24. The van der Waals surface area contributed by atoms with Crippen LogP contribution in [-0.4, -0.2) is 48.7 Å². The first-order valence-electron chi connectivity index (χ1n) is 7.63. The van der Waals surface area contributed by atoms with Crippen LogP contribution in [0.15, 0.2) is 0 Å². The van der Waals surface area contributed by atoms with Gasteiger partial charge in [0, 0.05) is 19.0 Å². The van der Waals surface area contributed by atoms with Crippen molar-refractivity contribution in [1.29, 1.82) is 0 Å². The molecule has 0 aromatic rings. The van der Waals surface area contributed by atoms with Crippen LogP contribution in [0.3, 0.4) is 0 Å². The van der Waals surface area contributed by atoms with Crippen LogP contribution in [0.5, 0.6) is 0 Å². The fraction of sp³-hybridized carbons (Fsp3) is 0.867. The van der Waals surface area contributed by atoms with Crippen molar-refractivity contribution >= 4 is 12.2 Å². The van der Waals surface area contributed by atoms with Crippen LogP contribution in [0.25, 0.3) is 0 Å². The van der Waals surface area contributed by atoms with Crippen LogP contribution in [0.4, 0.5) is 14.0 Å². The Morgan fingerprint density at radius 1 is 1.04 bits per heavy atom. The Morgan fingerprint density at radius 3 is 1.96 bits per heavy atom. The minimum Gasteiger partial charge on any atom is -0.444 e. The second-order valence-corrected chi connectivity index (χ2v) is 7.29. The Labute approximate surface area is 137 Å². The number of hydrogen-bond acceptors (Lipinski definition) is 5. The number of amides is 2. The molecule has 2 amide bonds. The average molecular weight is 335 g/mol. The zero-order chi connectivity index (χ0) is 18.3. The summed E-state index contributed by atoms with van der Waals surface area (Å²) in [7, 11) is 0. The largest absolute Gasteiger partial charge is 0.444 e. The molecule has 0 heterocycles. The van der Waals surface area contributed by atoms with E-state index in [0.29, 0.717) is 0 Å². The van der Waals surface area contributed by atoms with Crippen molar-refractivity contribution in [3.05, 3.63) is 0 Å². The monoisotopic (exact) mass is 335 g/mol. The molecule has 136 valence electrons. The first-order valence-corrected chi connectivity index (χ1v) is 7.63. The number of halogens is 1. The molecule has 0 spiro atoms. The lowest BCUT2D eigenvalue weighted by Gasteiger charge is -2.24. The second kappa shape index (κ2) is 8.90. The molecular weight excluding hydrogens is 305 g/mol. The van der Waals surface area contributed by atoms with Gasteiger partial charge < -0.3 is 25.8 Å². The summed E-state index contributed by atoms with van der Waals surface area (Å²) in [6.45, 7) is 10.2. The topological polar surface area (TPSA) is 103 Å². The van der Waals surface area contributed by atoms with Gasteiger partial charge in [0.25, 0.3) is 0 Å². The van der Waals surface area contributed by atoms with Crippen LogP contribution in [0.1, 0.15) is 48.0 Å². The Morgan fingerprint density at radius 2 is 1.52 bits per heavy atom. The Kier molecular flexibility index (Phi) is 8.30. The van der Waals surface area contributed by atoms with E-state index in [2.05, 4.69) is 10.6 Å². The molecular formula is C15H30FN3O4. The highest BCUT2D eigenvalue weighted by Crippen LogP contribution is 2.09. The van der Waals surface area contributed by atoms with E-state index < -0.39 is 35.6 Å². The maximum absolute atomic E-state index is 13.9. The Bertz CT molecular complexity index is 391. The lowest BCUT2D eigenvalue weighted by atomic mass is 10.1. The van der Waals surface area contributed by atoms with E-state index in [0.717, 1.165) is 0 Å². The van der Waals surface area contributed by atoms with Gasteiger partial charge in [-0.1, -0.05) is 0 Å². The van der Waals surface area contributed by atoms with Gasteiger partial charge in [0.05, 0.1) is 6.54 Å². The summed E-state index contributed by atoms with van der Waals surface area (Å²) < 4.78 is 24.0. The van der Waals surface area contributed by atoms with E-state index in [1.165, 1.54) is 0 Å². The summed E-state index contributed by atoms with van der Waals surface area (Å²) in [6.07, 6.45) is -2.75. The number of rotatable bonds is 6. The molecule has 0 aromatic heterocycles. The van der Waals surface area contributed by atoms with Gasteiger partial charge in [0.1, 0.15) is 17.4 Å². The molecule has 2 atom stereocenters. The molecule has 0 rings (SSSR count). The lowest BCUT2D eigenvalue weighted by Crippen LogP contribution is -2.45. The molecule has 7 nitrogen and oxygen atoms in total. The number of carbonyl (C=O) groups excluding carboxylic acids is 2. The van der Waals surface area contributed by atoms with Crippen molar-refractivity contribution in [1.82, 2.24) is 10.6 Å². The van der Waals surface area contributed by atoms with Crippen LogP contribution < -0.4 is 16.4 Å². The van der Waals surface area contributed by atoms with Gasteiger partial charge in [-0.05, 0) is 41.5 Å². The summed E-state index contributed by atoms with van der Waals surface area (Å²) in [4.78, 5) is 23.1. The van der Waals surface area contributed by atoms with E-state index in [4.69, 9.17) is 15.2 Å². The van der Waals surface area contributed by atoms with Gasteiger partial charge in [-0.15, -0.1) is 0 Å². The van der Waals surface area contributed by atoms with E-state index in [9.17, 15) is 14.0 Å². The SMILES string of the molecule is CC(C)(C)OC(=O)NC[C@H](F)C[C@@H](CN)NC(=O)OC(C)(C)C. The molecule has 0 aromatic carbocycles. The number of alkyl halides is 1. The fourth-order valence-electron chi connectivity index (χ4n) is 1.59. The van der Waals surface area contributed by atoms with E-state index in [1.54, 1.807) is 41.5 Å². The standard InChI is InChI=1S/C15H30FN3O4/c1-14(2,3)22-12(20)18-9-10(16)7-11(8-17)19-13(21)23-15(4,5)6/h10-11H,7-9,17H2,1-6H3,(H,18,20)(H,19,21)/t10-,11+/m1/s1. The first kappa shape index (κ1) is 21.4. The molecule has 0 radical (unpaired) electrons. The van der Waals surface area contributed by atoms with Crippen LogP contribution in [-0.2, 0) is 9.47 Å². The quantitative estimate of drug-likeness (QED) is 0.690. The summed E-state index contributed by atoms with van der Waals surface area (Å²) in [5.74, 6) is 0. The zero-order valence-electron chi connectivity index (χ0n) is 14.9. The van der Waals surface area contributed by atoms with Gasteiger partial charge in [-0.25, -0.2) is 14.0 Å². The number of ether oxygens (including phenoxy) is 2. The van der Waals surface area contributed by atoms with Crippen molar-refractivity contribution in [3.8, 4) is 0 Å². The average Bonchev–Trinajstić information content (AvgIpc) is 2.31. The van der Waals surface area contributed by atoms with Crippen molar-refractivity contribution in [2.75, 3.05) is 13.1 Å². The van der Waals surface area contributed by atoms with Crippen molar-refractivity contribution in [3.63, 3.8) is 0 Å². The number of alkyl carbamates (subject to hydrolysis) is 2. The Balaban J connectivity index is 4.21. The molecule has 0 aliphatic carbocycles. The maximum atomic E-state index is 13.9. The number of hydrogen-bond donors (Lipinski definition) is 3. The molecule has 0 saturated carbocycles. The fourth-order valence-corrected chi connectivity index (χ4v) is 1.59. The molecule has 23 heavy (non-hydrogen) atoms. The van der Waals surface area contributed by atoms with Crippen molar-refractivity contribution in [2.24, 2.45) is 5.73 Å². The highest BCUT2D eigenvalue weighted by molar-refractivity contribution is 5.68. The number of nitrogens with one attached hydrogen (secondary N) is 2. The lowest BCUT2D eigenvalue weighted by molar-refractivity contribution is 0.0473. The van der Waals surface area contributed by atoms with E-state index in [1.807, 2.05) is 0 Å². The zero-order valence-corrected chi connectivity index (χ0v) is 14.9. The molecule has 0 saturated heterocycles. The smallest absolute Gasteiger partial charge is 0.407 e. The predicted octanol–water partition coefficient (Wildman–Crippen LogP) is 2.09.